The van der Waals surface area contributed by atoms with Gasteiger partial charge in [0.25, 0.3) is 11.5 Å². The van der Waals surface area contributed by atoms with Gasteiger partial charge >= 0.3 is 5.69 Å². The van der Waals surface area contributed by atoms with Gasteiger partial charge in [0.2, 0.25) is 5.78 Å². The Hall–Kier alpha value is -3.88. The Labute approximate surface area is 208 Å². The maximum absolute atomic E-state index is 13.6. The van der Waals surface area contributed by atoms with Crippen molar-refractivity contribution in [3.05, 3.63) is 74.4 Å². The van der Waals surface area contributed by atoms with E-state index < -0.39 is 0 Å². The molecule has 0 unspecified atom stereocenters. The monoisotopic (exact) mass is 489 g/mol. The number of aromatic nitrogens is 4. The zero-order chi connectivity index (χ0) is 25.4. The molecule has 1 fully saturated rings. The summed E-state index contributed by atoms with van der Waals surface area (Å²) in [7, 11) is 1.59. The maximum atomic E-state index is 13.6. The molecule has 9 nitrogen and oxygen atoms in total. The van der Waals surface area contributed by atoms with Crippen LogP contribution in [0.1, 0.15) is 55.5 Å². The van der Waals surface area contributed by atoms with Crippen LogP contribution >= 0.6 is 0 Å². The van der Waals surface area contributed by atoms with Gasteiger partial charge in [-0.1, -0.05) is 38.8 Å². The van der Waals surface area contributed by atoms with E-state index in [0.717, 1.165) is 31.2 Å². The van der Waals surface area contributed by atoms with Crippen LogP contribution in [0.2, 0.25) is 0 Å². The van der Waals surface area contributed by atoms with Gasteiger partial charge in [-0.25, -0.2) is 13.9 Å². The van der Waals surface area contributed by atoms with Crippen LogP contribution in [0.15, 0.2) is 52.1 Å². The molecule has 2 aromatic carbocycles. The molecule has 1 N–H and O–H groups in total. The van der Waals surface area contributed by atoms with Crippen molar-refractivity contribution in [2.24, 2.45) is 5.92 Å². The Morgan fingerprint density at radius 2 is 1.92 bits per heavy atom. The fourth-order valence-electron chi connectivity index (χ4n) is 4.97. The largest absolute Gasteiger partial charge is 0.497 e. The van der Waals surface area contributed by atoms with Crippen LogP contribution in [0.4, 0.5) is 0 Å². The number of amides is 1. The molecule has 36 heavy (non-hydrogen) atoms. The third-order valence-electron chi connectivity index (χ3n) is 6.74. The van der Waals surface area contributed by atoms with E-state index in [4.69, 9.17) is 4.74 Å². The van der Waals surface area contributed by atoms with Crippen LogP contribution in [0.25, 0.3) is 16.7 Å². The van der Waals surface area contributed by atoms with Crippen LogP contribution in [0.3, 0.4) is 0 Å². The lowest BCUT2D eigenvalue weighted by Gasteiger charge is -2.14. The first kappa shape index (κ1) is 23.8. The molecule has 0 aliphatic heterocycles. The number of methoxy groups -OCH3 is 1. The van der Waals surface area contributed by atoms with Crippen LogP contribution < -0.4 is 21.3 Å². The lowest BCUT2D eigenvalue weighted by molar-refractivity contribution is 0.0938. The van der Waals surface area contributed by atoms with Gasteiger partial charge in [0.1, 0.15) is 5.75 Å². The van der Waals surface area contributed by atoms with E-state index >= 15 is 0 Å². The van der Waals surface area contributed by atoms with Gasteiger partial charge in [-0.05, 0) is 54.7 Å². The SMILES string of the molecule is COc1cccc(Cn2nc3n(CC(C)C)c(=O)c4ccc(C(=O)NC5CCCC5)cc4n3c2=O)c1. The number of carbonyl (C=O) groups excluding carboxylic acids is 1. The molecular weight excluding hydrogens is 458 g/mol. The number of benzene rings is 2. The standard InChI is InChI=1S/C27H31N5O4/c1-17(2)15-30-25(34)22-12-11-19(24(33)28-20-8-4-5-9-20)14-23(22)32-26(30)29-31(27(32)35)16-18-7-6-10-21(13-18)36-3/h6-7,10-14,17,20H,4-5,8-9,15-16H2,1-3H3,(H,28,33). The summed E-state index contributed by atoms with van der Waals surface area (Å²) in [5, 5.41) is 8.03. The number of rotatable bonds is 7. The van der Waals surface area contributed by atoms with Crippen molar-refractivity contribution >= 4 is 22.6 Å². The van der Waals surface area contributed by atoms with E-state index in [-0.39, 0.29) is 41.4 Å². The lowest BCUT2D eigenvalue weighted by atomic mass is 10.1. The Morgan fingerprint density at radius 1 is 1.14 bits per heavy atom. The highest BCUT2D eigenvalue weighted by Crippen LogP contribution is 2.20. The predicted octanol–water partition coefficient (Wildman–Crippen LogP) is 3.20. The van der Waals surface area contributed by atoms with Gasteiger partial charge < -0.3 is 10.1 Å². The van der Waals surface area contributed by atoms with E-state index in [2.05, 4.69) is 10.4 Å². The molecule has 4 aromatic rings. The summed E-state index contributed by atoms with van der Waals surface area (Å²) in [5.41, 5.74) is 1.05. The van der Waals surface area contributed by atoms with Gasteiger partial charge in [0.05, 0.1) is 24.6 Å². The molecule has 0 spiro atoms. The van der Waals surface area contributed by atoms with Crippen molar-refractivity contribution in [2.75, 3.05) is 7.11 Å². The second-order valence-electron chi connectivity index (χ2n) is 9.92. The summed E-state index contributed by atoms with van der Waals surface area (Å²) < 4.78 is 9.66. The van der Waals surface area contributed by atoms with Gasteiger partial charge in [-0.2, -0.15) is 0 Å². The predicted molar refractivity (Wildman–Crippen MR) is 138 cm³/mol. The normalized spacial score (nSPS) is 14.2. The molecule has 1 aliphatic carbocycles. The number of fused-ring (bicyclic) bond motifs is 3. The first-order valence-electron chi connectivity index (χ1n) is 12.5. The number of nitrogens with zero attached hydrogens (tertiary/aromatic N) is 4. The molecule has 1 saturated carbocycles. The van der Waals surface area contributed by atoms with Crippen molar-refractivity contribution < 1.29 is 9.53 Å². The molecule has 0 saturated heterocycles. The number of hydrogen-bond acceptors (Lipinski definition) is 5. The highest BCUT2D eigenvalue weighted by molar-refractivity contribution is 5.98. The Morgan fingerprint density at radius 3 is 2.64 bits per heavy atom. The van der Waals surface area contributed by atoms with Gasteiger partial charge in [-0.3, -0.25) is 14.2 Å². The second-order valence-corrected chi connectivity index (χ2v) is 9.92. The lowest BCUT2D eigenvalue weighted by Crippen LogP contribution is -2.33. The first-order valence-corrected chi connectivity index (χ1v) is 12.5. The summed E-state index contributed by atoms with van der Waals surface area (Å²) in [6.07, 6.45) is 4.17. The molecule has 1 aliphatic rings. The third kappa shape index (κ3) is 4.41. The fraction of sp³-hybridized carbons (Fsp3) is 0.407. The van der Waals surface area contributed by atoms with Crippen molar-refractivity contribution in [2.45, 2.75) is 58.7 Å². The topological polar surface area (TPSA) is 99.6 Å². The quantitative estimate of drug-likeness (QED) is 0.430. The van der Waals surface area contributed by atoms with Gasteiger partial charge in [-0.15, -0.1) is 5.10 Å². The molecule has 0 bridgehead atoms. The van der Waals surface area contributed by atoms with Crippen LogP contribution in [0.5, 0.6) is 5.75 Å². The molecule has 0 atom stereocenters. The summed E-state index contributed by atoms with van der Waals surface area (Å²) in [6, 6.07) is 12.5. The van der Waals surface area contributed by atoms with E-state index in [1.807, 2.05) is 38.1 Å². The third-order valence-corrected chi connectivity index (χ3v) is 6.74. The van der Waals surface area contributed by atoms with Crippen LogP contribution in [0, 0.1) is 5.92 Å². The molecular formula is C27H31N5O4. The smallest absolute Gasteiger partial charge is 0.352 e. The van der Waals surface area contributed by atoms with Crippen LogP contribution in [-0.2, 0) is 13.1 Å². The average molecular weight is 490 g/mol. The van der Waals surface area contributed by atoms with Crippen molar-refractivity contribution in [1.82, 2.24) is 24.1 Å². The van der Waals surface area contributed by atoms with Crippen molar-refractivity contribution in [1.29, 1.82) is 0 Å². The zero-order valence-corrected chi connectivity index (χ0v) is 20.9. The molecule has 1 amide bonds. The highest BCUT2D eigenvalue weighted by atomic mass is 16.5. The van der Waals surface area contributed by atoms with Crippen molar-refractivity contribution in [3.63, 3.8) is 0 Å². The summed E-state index contributed by atoms with van der Waals surface area (Å²) >= 11 is 0. The molecule has 0 radical (unpaired) electrons. The first-order chi connectivity index (χ1) is 17.4. The molecule has 2 heterocycles. The molecule has 188 valence electrons. The number of carbonyl (C=O) groups is 1. The van der Waals surface area contributed by atoms with E-state index in [1.165, 1.54) is 9.08 Å². The van der Waals surface area contributed by atoms with E-state index in [1.54, 1.807) is 29.9 Å². The van der Waals surface area contributed by atoms with Gasteiger partial charge in [0, 0.05) is 18.2 Å². The minimum atomic E-state index is -0.372. The summed E-state index contributed by atoms with van der Waals surface area (Å²) in [5.74, 6) is 0.922. The summed E-state index contributed by atoms with van der Waals surface area (Å²) in [4.78, 5) is 40.1. The fourth-order valence-corrected chi connectivity index (χ4v) is 4.97. The molecule has 5 rings (SSSR count). The summed E-state index contributed by atoms with van der Waals surface area (Å²) in [6.45, 7) is 4.65. The second kappa shape index (κ2) is 9.64. The highest BCUT2D eigenvalue weighted by Gasteiger charge is 2.21. The Balaban J connectivity index is 1.67. The number of ether oxygens (including phenoxy) is 1. The number of hydrogen-bond donors (Lipinski definition) is 1. The Bertz CT molecular complexity index is 1560. The Kier molecular flexibility index (Phi) is 6.38. The van der Waals surface area contributed by atoms with Crippen molar-refractivity contribution in [3.8, 4) is 5.75 Å². The minimum Gasteiger partial charge on any atom is -0.497 e. The minimum absolute atomic E-state index is 0.166. The van der Waals surface area contributed by atoms with Gasteiger partial charge in [0.15, 0.2) is 0 Å². The zero-order valence-electron chi connectivity index (χ0n) is 20.9. The van der Waals surface area contributed by atoms with E-state index in [0.29, 0.717) is 28.8 Å². The van der Waals surface area contributed by atoms with Crippen LogP contribution in [-0.4, -0.2) is 37.8 Å². The average Bonchev–Trinajstić information content (AvgIpc) is 3.49. The van der Waals surface area contributed by atoms with E-state index in [9.17, 15) is 14.4 Å². The molecule has 9 heteroatoms. The number of nitrogens with one attached hydrogen (secondary N) is 1. The maximum Gasteiger partial charge on any atom is 0.352 e. The molecule has 2 aromatic heterocycles.